The number of hydrogen-bond acceptors (Lipinski definition) is 3. The molecule has 0 heterocycles. The second kappa shape index (κ2) is 5.12. The largest absolute Gasteiger partial charge is 0.398 e. The van der Waals surface area contributed by atoms with Crippen molar-refractivity contribution >= 4 is 27.4 Å². The summed E-state index contributed by atoms with van der Waals surface area (Å²) < 4.78 is 0.855. The van der Waals surface area contributed by atoms with Crippen LogP contribution in [0, 0.1) is 0 Å². The fraction of sp³-hybridized carbons (Fsp3) is 0.300. The number of hydrogen-bond donors (Lipinski definition) is 2. The molecule has 0 saturated heterocycles. The van der Waals surface area contributed by atoms with Crippen LogP contribution in [0.15, 0.2) is 22.7 Å². The van der Waals surface area contributed by atoms with Crippen molar-refractivity contribution in [2.24, 2.45) is 0 Å². The summed E-state index contributed by atoms with van der Waals surface area (Å²) in [6.07, 6.45) is 0.816. The van der Waals surface area contributed by atoms with Crippen LogP contribution < -0.4 is 5.73 Å². The van der Waals surface area contributed by atoms with Gasteiger partial charge in [0.1, 0.15) is 0 Å². The molecular weight excluding hydrogens is 246 g/mol. The van der Waals surface area contributed by atoms with Crippen molar-refractivity contribution in [2.45, 2.75) is 12.8 Å². The van der Waals surface area contributed by atoms with Crippen LogP contribution in [0.1, 0.15) is 23.2 Å². The lowest BCUT2D eigenvalue weighted by Gasteiger charge is -2.04. The minimum absolute atomic E-state index is 0.0240. The van der Waals surface area contributed by atoms with Crippen LogP contribution in [0.4, 0.5) is 5.69 Å². The molecule has 0 spiro atoms. The van der Waals surface area contributed by atoms with Gasteiger partial charge in [0.2, 0.25) is 0 Å². The molecule has 0 bridgehead atoms. The topological polar surface area (TPSA) is 63.3 Å². The van der Waals surface area contributed by atoms with E-state index in [1.165, 1.54) is 0 Å². The minimum atomic E-state index is -0.0240. The molecule has 0 fully saturated rings. The van der Waals surface area contributed by atoms with Gasteiger partial charge >= 0.3 is 0 Å². The Kier molecular flexibility index (Phi) is 4.10. The van der Waals surface area contributed by atoms with Gasteiger partial charge in [-0.05, 0) is 24.6 Å². The van der Waals surface area contributed by atoms with E-state index in [9.17, 15) is 4.79 Å². The fourth-order valence-electron chi connectivity index (χ4n) is 1.16. The van der Waals surface area contributed by atoms with Crippen molar-refractivity contribution in [3.05, 3.63) is 28.2 Å². The molecule has 0 unspecified atom stereocenters. The van der Waals surface area contributed by atoms with Crippen molar-refractivity contribution in [1.29, 1.82) is 0 Å². The van der Waals surface area contributed by atoms with E-state index in [1.807, 2.05) is 0 Å². The molecule has 1 rings (SSSR count). The number of rotatable bonds is 4. The van der Waals surface area contributed by atoms with E-state index < -0.39 is 0 Å². The molecule has 0 atom stereocenters. The Bertz CT molecular complexity index is 339. The number of anilines is 1. The highest BCUT2D eigenvalue weighted by molar-refractivity contribution is 9.10. The lowest BCUT2D eigenvalue weighted by molar-refractivity contribution is 0.0972. The molecule has 14 heavy (non-hydrogen) atoms. The van der Waals surface area contributed by atoms with E-state index >= 15 is 0 Å². The highest BCUT2D eigenvalue weighted by atomic mass is 79.9. The zero-order valence-corrected chi connectivity index (χ0v) is 9.25. The Hall–Kier alpha value is -0.870. The first-order chi connectivity index (χ1) is 6.65. The number of carbonyl (C=O) groups is 1. The third-order valence-corrected chi connectivity index (χ3v) is 2.37. The number of aliphatic hydroxyl groups excluding tert-OH is 1. The predicted molar refractivity (Wildman–Crippen MR) is 59.2 cm³/mol. The molecule has 0 radical (unpaired) electrons. The first kappa shape index (κ1) is 11.2. The number of carbonyl (C=O) groups excluding carboxylic acids is 1. The van der Waals surface area contributed by atoms with Gasteiger partial charge in [0, 0.05) is 28.8 Å². The van der Waals surface area contributed by atoms with Gasteiger partial charge < -0.3 is 10.8 Å². The maximum absolute atomic E-state index is 11.5. The van der Waals surface area contributed by atoms with E-state index in [4.69, 9.17) is 10.8 Å². The van der Waals surface area contributed by atoms with Crippen molar-refractivity contribution in [1.82, 2.24) is 0 Å². The van der Waals surface area contributed by atoms with Crippen LogP contribution >= 0.6 is 15.9 Å². The molecule has 0 saturated carbocycles. The summed E-state index contributed by atoms with van der Waals surface area (Å²) in [5.41, 5.74) is 6.68. The lowest BCUT2D eigenvalue weighted by atomic mass is 10.1. The number of halogens is 1. The molecular formula is C10H12BrNO2. The molecule has 0 aliphatic heterocycles. The van der Waals surface area contributed by atoms with E-state index in [2.05, 4.69) is 15.9 Å². The number of nitrogens with two attached hydrogens (primary N) is 1. The Balaban J connectivity index is 2.80. The average molecular weight is 258 g/mol. The normalized spacial score (nSPS) is 10.1. The van der Waals surface area contributed by atoms with Gasteiger partial charge in [-0.1, -0.05) is 15.9 Å². The van der Waals surface area contributed by atoms with Gasteiger partial charge in [0.05, 0.1) is 0 Å². The van der Waals surface area contributed by atoms with Gasteiger partial charge in [-0.3, -0.25) is 4.79 Å². The van der Waals surface area contributed by atoms with Crippen LogP contribution in [-0.4, -0.2) is 17.5 Å². The van der Waals surface area contributed by atoms with Crippen LogP contribution in [-0.2, 0) is 0 Å². The number of aliphatic hydroxyl groups is 1. The van der Waals surface area contributed by atoms with Crippen molar-refractivity contribution in [2.75, 3.05) is 12.3 Å². The van der Waals surface area contributed by atoms with Gasteiger partial charge in [0.25, 0.3) is 0 Å². The van der Waals surface area contributed by atoms with Crippen LogP contribution in [0.25, 0.3) is 0 Å². The quantitative estimate of drug-likeness (QED) is 0.641. The van der Waals surface area contributed by atoms with Crippen LogP contribution in [0.3, 0.4) is 0 Å². The van der Waals surface area contributed by atoms with Gasteiger partial charge in [-0.25, -0.2) is 0 Å². The lowest BCUT2D eigenvalue weighted by Crippen LogP contribution is -2.04. The van der Waals surface area contributed by atoms with E-state index in [1.54, 1.807) is 18.2 Å². The maximum Gasteiger partial charge on any atom is 0.165 e. The highest BCUT2D eigenvalue weighted by Gasteiger charge is 2.08. The summed E-state index contributed by atoms with van der Waals surface area (Å²) in [5, 5.41) is 8.58. The summed E-state index contributed by atoms with van der Waals surface area (Å²) in [6, 6.07) is 5.17. The Morgan fingerprint density at radius 3 is 2.79 bits per heavy atom. The number of ketones is 1. The van der Waals surface area contributed by atoms with E-state index in [0.29, 0.717) is 24.1 Å². The first-order valence-electron chi connectivity index (χ1n) is 4.34. The molecule has 1 aromatic rings. The highest BCUT2D eigenvalue weighted by Crippen LogP contribution is 2.20. The third kappa shape index (κ3) is 2.82. The summed E-state index contributed by atoms with van der Waals surface area (Å²) in [7, 11) is 0. The van der Waals surface area contributed by atoms with E-state index in [0.717, 1.165) is 4.47 Å². The molecule has 76 valence electrons. The Labute approximate surface area is 91.1 Å². The summed E-state index contributed by atoms with van der Waals surface area (Å²) in [6.45, 7) is 0.0299. The monoisotopic (exact) mass is 257 g/mol. The average Bonchev–Trinajstić information content (AvgIpc) is 2.14. The Morgan fingerprint density at radius 2 is 2.21 bits per heavy atom. The predicted octanol–water partition coefficient (Wildman–Crippen LogP) is 1.99. The summed E-state index contributed by atoms with van der Waals surface area (Å²) >= 11 is 3.27. The van der Waals surface area contributed by atoms with E-state index in [-0.39, 0.29) is 12.4 Å². The van der Waals surface area contributed by atoms with Crippen molar-refractivity contribution < 1.29 is 9.90 Å². The zero-order chi connectivity index (χ0) is 10.6. The maximum atomic E-state index is 11.5. The third-order valence-electron chi connectivity index (χ3n) is 1.88. The number of nitrogen functional groups attached to an aromatic ring is 1. The first-order valence-corrected chi connectivity index (χ1v) is 5.13. The summed E-state index contributed by atoms with van der Waals surface area (Å²) in [5.74, 6) is -0.0240. The molecule has 0 aromatic heterocycles. The van der Waals surface area contributed by atoms with Gasteiger partial charge in [-0.15, -0.1) is 0 Å². The fourth-order valence-corrected chi connectivity index (χ4v) is 1.54. The standard InChI is InChI=1S/C10H12BrNO2/c11-7-3-4-8(9(12)6-7)10(14)2-1-5-13/h3-4,6,13H,1-2,5,12H2. The summed E-state index contributed by atoms with van der Waals surface area (Å²) in [4.78, 5) is 11.5. The Morgan fingerprint density at radius 1 is 1.50 bits per heavy atom. The van der Waals surface area contributed by atoms with Crippen molar-refractivity contribution in [3.8, 4) is 0 Å². The smallest absolute Gasteiger partial charge is 0.165 e. The second-order valence-corrected chi connectivity index (χ2v) is 3.90. The van der Waals surface area contributed by atoms with Gasteiger partial charge in [0.15, 0.2) is 5.78 Å². The van der Waals surface area contributed by atoms with Gasteiger partial charge in [-0.2, -0.15) is 0 Å². The molecule has 0 amide bonds. The molecule has 1 aromatic carbocycles. The molecule has 3 nitrogen and oxygen atoms in total. The van der Waals surface area contributed by atoms with Crippen LogP contribution in [0.5, 0.6) is 0 Å². The number of Topliss-reactive ketones (excluding diaryl/α,β-unsaturated/α-hetero) is 1. The molecule has 0 aliphatic carbocycles. The second-order valence-electron chi connectivity index (χ2n) is 2.98. The van der Waals surface area contributed by atoms with Crippen molar-refractivity contribution in [3.63, 3.8) is 0 Å². The SMILES string of the molecule is Nc1cc(Br)ccc1C(=O)CCCO. The zero-order valence-electron chi connectivity index (χ0n) is 7.66. The molecule has 3 N–H and O–H groups in total. The minimum Gasteiger partial charge on any atom is -0.398 e. The molecule has 4 heteroatoms. The number of benzene rings is 1. The molecule has 0 aliphatic rings. The van der Waals surface area contributed by atoms with Crippen LogP contribution in [0.2, 0.25) is 0 Å².